The molecule has 0 radical (unpaired) electrons. The molecule has 0 amide bonds. The smallest absolute Gasteiger partial charge is 0.260 e. The number of nitro groups is 1. The predicted octanol–water partition coefficient (Wildman–Crippen LogP) is 4.65. The molecule has 7 heteroatoms. The molecule has 4 rings (SSSR count). The van der Waals surface area contributed by atoms with E-state index in [2.05, 4.69) is 15.5 Å². The van der Waals surface area contributed by atoms with Gasteiger partial charge in [0.15, 0.2) is 5.82 Å². The summed E-state index contributed by atoms with van der Waals surface area (Å²) >= 11 is 0. The van der Waals surface area contributed by atoms with Crippen molar-refractivity contribution < 1.29 is 4.92 Å². The van der Waals surface area contributed by atoms with Crippen LogP contribution in [0.1, 0.15) is 5.56 Å². The normalized spacial score (nSPS) is 11.0. The zero-order chi connectivity index (χ0) is 19.3. The molecule has 0 aliphatic rings. The van der Waals surface area contributed by atoms with Crippen LogP contribution in [0, 0.1) is 10.1 Å². The van der Waals surface area contributed by atoms with Gasteiger partial charge in [-0.3, -0.25) is 15.5 Å². The van der Waals surface area contributed by atoms with Crippen LogP contribution in [0.4, 0.5) is 11.5 Å². The highest BCUT2D eigenvalue weighted by molar-refractivity contribution is 5.84. The zero-order valence-corrected chi connectivity index (χ0v) is 14.7. The van der Waals surface area contributed by atoms with Gasteiger partial charge in [0.25, 0.3) is 5.69 Å². The Kier molecular flexibility index (Phi) is 4.71. The number of anilines is 1. The Bertz CT molecular complexity index is 1160. The quantitative estimate of drug-likeness (QED) is 0.314. The van der Waals surface area contributed by atoms with Crippen LogP contribution in [0.25, 0.3) is 22.3 Å². The van der Waals surface area contributed by atoms with Crippen LogP contribution in [-0.2, 0) is 0 Å². The number of nitrogens with one attached hydrogen (secondary N) is 1. The van der Waals surface area contributed by atoms with E-state index in [9.17, 15) is 10.1 Å². The summed E-state index contributed by atoms with van der Waals surface area (Å²) in [5.41, 5.74) is 6.90. The van der Waals surface area contributed by atoms with E-state index in [1.54, 1.807) is 18.3 Å². The van der Waals surface area contributed by atoms with Gasteiger partial charge in [-0.25, -0.2) is 9.97 Å². The Morgan fingerprint density at radius 2 is 1.50 bits per heavy atom. The number of rotatable bonds is 5. The Morgan fingerprint density at radius 3 is 2.18 bits per heavy atom. The van der Waals surface area contributed by atoms with Gasteiger partial charge in [0.2, 0.25) is 0 Å². The molecule has 0 atom stereocenters. The predicted molar refractivity (Wildman–Crippen MR) is 109 cm³/mol. The summed E-state index contributed by atoms with van der Waals surface area (Å²) in [7, 11) is 0. The fraction of sp³-hybridized carbons (Fsp3) is 0. The van der Waals surface area contributed by atoms with E-state index in [1.807, 2.05) is 54.6 Å². The number of para-hydroxylation sites is 2. The van der Waals surface area contributed by atoms with Crippen molar-refractivity contribution in [1.82, 2.24) is 9.97 Å². The van der Waals surface area contributed by atoms with E-state index < -0.39 is 4.92 Å². The van der Waals surface area contributed by atoms with Gasteiger partial charge < -0.3 is 0 Å². The molecular weight excluding hydrogens is 354 g/mol. The van der Waals surface area contributed by atoms with Crippen molar-refractivity contribution in [3.8, 4) is 11.3 Å². The van der Waals surface area contributed by atoms with Crippen molar-refractivity contribution in [2.45, 2.75) is 0 Å². The number of non-ortho nitro benzene ring substituents is 1. The van der Waals surface area contributed by atoms with E-state index in [0.29, 0.717) is 11.5 Å². The number of hydrazone groups is 1. The summed E-state index contributed by atoms with van der Waals surface area (Å²) in [6.07, 6.45) is 1.58. The summed E-state index contributed by atoms with van der Waals surface area (Å²) in [5.74, 6) is 0.531. The first-order chi connectivity index (χ1) is 13.7. The molecule has 7 nitrogen and oxygen atoms in total. The highest BCUT2D eigenvalue weighted by atomic mass is 16.6. The molecule has 0 saturated carbocycles. The lowest BCUT2D eigenvalue weighted by atomic mass is 10.1. The monoisotopic (exact) mass is 369 g/mol. The maximum atomic E-state index is 10.7. The molecule has 0 aliphatic carbocycles. The number of nitrogens with zero attached hydrogens (tertiary/aromatic N) is 4. The van der Waals surface area contributed by atoms with Gasteiger partial charge >= 0.3 is 0 Å². The average Bonchev–Trinajstić information content (AvgIpc) is 2.74. The van der Waals surface area contributed by atoms with E-state index in [0.717, 1.165) is 22.2 Å². The molecule has 0 unspecified atom stereocenters. The first kappa shape index (κ1) is 17.3. The van der Waals surface area contributed by atoms with Crippen LogP contribution in [-0.4, -0.2) is 21.1 Å². The van der Waals surface area contributed by atoms with Crippen molar-refractivity contribution in [2.24, 2.45) is 5.10 Å². The van der Waals surface area contributed by atoms with E-state index in [1.165, 1.54) is 12.1 Å². The van der Waals surface area contributed by atoms with E-state index >= 15 is 0 Å². The van der Waals surface area contributed by atoms with Crippen LogP contribution >= 0.6 is 0 Å². The lowest BCUT2D eigenvalue weighted by Gasteiger charge is -2.09. The molecule has 28 heavy (non-hydrogen) atoms. The number of nitro benzene ring substituents is 1. The molecular formula is C21H15N5O2. The Hall–Kier alpha value is -4.13. The minimum atomic E-state index is -0.435. The second-order valence-electron chi connectivity index (χ2n) is 5.99. The topological polar surface area (TPSA) is 93.3 Å². The van der Waals surface area contributed by atoms with Gasteiger partial charge in [0.05, 0.1) is 22.2 Å². The minimum absolute atomic E-state index is 0.0388. The highest BCUT2D eigenvalue weighted by Crippen LogP contribution is 2.26. The minimum Gasteiger partial charge on any atom is -0.260 e. The second-order valence-corrected chi connectivity index (χ2v) is 5.99. The van der Waals surface area contributed by atoms with Gasteiger partial charge in [-0.05, 0) is 29.8 Å². The molecule has 3 aromatic carbocycles. The number of fused-ring (bicyclic) bond motifs is 1. The van der Waals surface area contributed by atoms with Gasteiger partial charge in [-0.15, -0.1) is 0 Å². The summed E-state index contributed by atoms with van der Waals surface area (Å²) in [5, 5.41) is 15.0. The Labute approximate surface area is 160 Å². The third-order valence-electron chi connectivity index (χ3n) is 4.11. The first-order valence-electron chi connectivity index (χ1n) is 8.56. The Morgan fingerprint density at radius 1 is 0.857 bits per heavy atom. The van der Waals surface area contributed by atoms with Crippen LogP contribution in [0.15, 0.2) is 84.0 Å². The van der Waals surface area contributed by atoms with Crippen LogP contribution < -0.4 is 5.43 Å². The van der Waals surface area contributed by atoms with E-state index in [-0.39, 0.29) is 5.69 Å². The first-order valence-corrected chi connectivity index (χ1v) is 8.56. The molecule has 0 spiro atoms. The van der Waals surface area contributed by atoms with E-state index in [4.69, 9.17) is 4.98 Å². The fourth-order valence-electron chi connectivity index (χ4n) is 2.73. The van der Waals surface area contributed by atoms with Crippen LogP contribution in [0.5, 0.6) is 0 Å². The SMILES string of the molecule is O=[N+]([O-])c1ccc(/C=N/Nc2nc3ccccc3nc2-c2ccccc2)cc1. The van der Waals surface area contributed by atoms with Crippen LogP contribution in [0.3, 0.4) is 0 Å². The largest absolute Gasteiger partial charge is 0.269 e. The third kappa shape index (κ3) is 3.68. The van der Waals surface area contributed by atoms with Gasteiger partial charge in [-0.1, -0.05) is 42.5 Å². The molecule has 1 heterocycles. The summed E-state index contributed by atoms with van der Waals surface area (Å²) in [6, 6.07) is 23.5. The van der Waals surface area contributed by atoms with Gasteiger partial charge in [0.1, 0.15) is 5.69 Å². The van der Waals surface area contributed by atoms with Gasteiger partial charge in [0, 0.05) is 17.7 Å². The molecule has 0 aliphatic heterocycles. The second kappa shape index (κ2) is 7.63. The van der Waals surface area contributed by atoms with Crippen LogP contribution in [0.2, 0.25) is 0 Å². The number of benzene rings is 3. The third-order valence-corrected chi connectivity index (χ3v) is 4.11. The molecule has 1 N–H and O–H groups in total. The van der Waals surface area contributed by atoms with Crippen molar-refractivity contribution >= 4 is 28.8 Å². The molecule has 0 saturated heterocycles. The number of hydrogen-bond acceptors (Lipinski definition) is 6. The van der Waals surface area contributed by atoms with Crippen molar-refractivity contribution in [3.63, 3.8) is 0 Å². The average molecular weight is 369 g/mol. The highest BCUT2D eigenvalue weighted by Gasteiger charge is 2.10. The molecule has 0 fully saturated rings. The van der Waals surface area contributed by atoms with Crippen molar-refractivity contribution in [2.75, 3.05) is 5.43 Å². The lowest BCUT2D eigenvalue weighted by Crippen LogP contribution is -2.00. The summed E-state index contributed by atoms with van der Waals surface area (Å²) in [6.45, 7) is 0. The van der Waals surface area contributed by atoms with Gasteiger partial charge in [-0.2, -0.15) is 5.10 Å². The molecule has 0 bridgehead atoms. The fourth-order valence-corrected chi connectivity index (χ4v) is 2.73. The van der Waals surface area contributed by atoms with Crippen molar-refractivity contribution in [3.05, 3.63) is 94.5 Å². The summed E-state index contributed by atoms with van der Waals surface area (Å²) in [4.78, 5) is 19.7. The summed E-state index contributed by atoms with van der Waals surface area (Å²) < 4.78 is 0. The lowest BCUT2D eigenvalue weighted by molar-refractivity contribution is -0.384. The maximum absolute atomic E-state index is 10.7. The zero-order valence-electron chi connectivity index (χ0n) is 14.7. The molecule has 4 aromatic rings. The maximum Gasteiger partial charge on any atom is 0.269 e. The molecule has 136 valence electrons. The number of hydrogen-bond donors (Lipinski definition) is 1. The Balaban J connectivity index is 1.66. The molecule has 1 aromatic heterocycles. The van der Waals surface area contributed by atoms with Crippen molar-refractivity contribution in [1.29, 1.82) is 0 Å². The number of aromatic nitrogens is 2. The standard InChI is InChI=1S/C21H15N5O2/c27-26(28)17-12-10-15(11-13-17)14-22-25-21-20(16-6-2-1-3-7-16)23-18-8-4-5-9-19(18)24-21/h1-14H,(H,24,25)/b22-14+.